The quantitative estimate of drug-likeness (QED) is 0.189. The third-order valence-corrected chi connectivity index (χ3v) is 11.6. The topological polar surface area (TPSA) is 12.0 Å². The molecule has 1 atom stereocenters. The second kappa shape index (κ2) is 11.1. The fourth-order valence-corrected chi connectivity index (χ4v) is 8.87. The highest BCUT2D eigenvalue weighted by molar-refractivity contribution is 6.25. The Kier molecular flexibility index (Phi) is 6.52. The minimum atomic E-state index is 0.115. The van der Waals surface area contributed by atoms with E-state index in [1.165, 1.54) is 98.4 Å². The van der Waals surface area contributed by atoms with Crippen LogP contribution in [0.15, 0.2) is 128 Å². The predicted molar refractivity (Wildman–Crippen MR) is 216 cm³/mol. The molecule has 8 aromatic carbocycles. The molecule has 242 valence electrons. The van der Waals surface area contributed by atoms with Gasteiger partial charge in [-0.05, 0) is 148 Å². The van der Waals surface area contributed by atoms with Gasteiger partial charge in [-0.15, -0.1) is 0 Å². The molecule has 0 radical (unpaired) electrons. The number of nitrogens with one attached hydrogen (secondary N) is 1. The maximum absolute atomic E-state index is 3.62. The second-order valence-electron chi connectivity index (χ2n) is 15.7. The van der Waals surface area contributed by atoms with E-state index in [1.54, 1.807) is 0 Å². The lowest BCUT2D eigenvalue weighted by molar-refractivity contribution is 0.557. The van der Waals surface area contributed by atoms with Crippen LogP contribution in [-0.2, 0) is 11.8 Å². The van der Waals surface area contributed by atoms with Gasteiger partial charge in [0.2, 0.25) is 0 Å². The van der Waals surface area contributed by atoms with Gasteiger partial charge in [-0.2, -0.15) is 0 Å². The van der Waals surface area contributed by atoms with Crippen LogP contribution in [0.3, 0.4) is 0 Å². The van der Waals surface area contributed by atoms with E-state index < -0.39 is 0 Å². The van der Waals surface area contributed by atoms with Gasteiger partial charge in [0, 0.05) is 0 Å². The Bertz CT molecular complexity index is 2700. The van der Waals surface area contributed by atoms with Gasteiger partial charge in [0.15, 0.2) is 0 Å². The Hall–Kier alpha value is -5.40. The van der Waals surface area contributed by atoms with Gasteiger partial charge in [-0.1, -0.05) is 136 Å². The molecule has 0 saturated carbocycles. The minimum Gasteiger partial charge on any atom is -0.384 e. The van der Waals surface area contributed by atoms with Crippen LogP contribution in [0.2, 0.25) is 0 Å². The van der Waals surface area contributed by atoms with Crippen LogP contribution < -0.4 is 5.32 Å². The smallest absolute Gasteiger partial charge is 0.0517 e. The van der Waals surface area contributed by atoms with Crippen molar-refractivity contribution in [2.45, 2.75) is 57.9 Å². The zero-order valence-electron chi connectivity index (χ0n) is 29.1. The van der Waals surface area contributed by atoms with E-state index in [1.807, 2.05) is 0 Å². The van der Waals surface area contributed by atoms with Crippen molar-refractivity contribution >= 4 is 65.5 Å². The third-order valence-electron chi connectivity index (χ3n) is 11.6. The van der Waals surface area contributed by atoms with E-state index in [0.29, 0.717) is 6.04 Å². The molecular formula is C49H41N. The van der Waals surface area contributed by atoms with Crippen LogP contribution in [0.5, 0.6) is 0 Å². The predicted octanol–water partition coefficient (Wildman–Crippen LogP) is 13.3. The number of fused-ring (bicyclic) bond motifs is 4. The molecule has 1 aliphatic heterocycles. The number of allylic oxidation sites excluding steroid dienone is 2. The van der Waals surface area contributed by atoms with E-state index in [2.05, 4.69) is 160 Å². The molecule has 1 nitrogen and oxygen atoms in total. The van der Waals surface area contributed by atoms with E-state index in [4.69, 9.17) is 0 Å². The number of hydrogen-bond acceptors (Lipinski definition) is 1. The molecule has 10 rings (SSSR count). The molecule has 0 amide bonds. The molecule has 1 heteroatoms. The molecule has 0 aromatic heterocycles. The Morgan fingerprint density at radius 2 is 1.36 bits per heavy atom. The van der Waals surface area contributed by atoms with E-state index in [9.17, 15) is 0 Å². The van der Waals surface area contributed by atoms with Crippen molar-refractivity contribution in [2.75, 3.05) is 0 Å². The van der Waals surface area contributed by atoms with Crippen LogP contribution in [0.4, 0.5) is 0 Å². The normalized spacial score (nSPS) is 16.4. The van der Waals surface area contributed by atoms with Crippen molar-refractivity contribution in [1.82, 2.24) is 5.32 Å². The summed E-state index contributed by atoms with van der Waals surface area (Å²) in [5.74, 6) is 0. The maximum atomic E-state index is 3.62. The highest BCUT2D eigenvalue weighted by atomic mass is 14.9. The molecule has 1 heterocycles. The molecule has 1 N–H and O–H groups in total. The SMILES string of the molecule is CC(C)(C)c1cc2ccc3ccc(-c4ccc5c(c4)CCC(c4ccc6cc(C7CCC=CN7)c7ccccc7c6c4)=C5)c4ccc(c1)c2c34. The van der Waals surface area contributed by atoms with Crippen molar-refractivity contribution in [2.24, 2.45) is 0 Å². The van der Waals surface area contributed by atoms with Gasteiger partial charge in [-0.3, -0.25) is 0 Å². The van der Waals surface area contributed by atoms with Crippen LogP contribution in [0, 0.1) is 0 Å². The molecule has 1 aliphatic carbocycles. The summed E-state index contributed by atoms with van der Waals surface area (Å²) in [4.78, 5) is 0. The number of rotatable bonds is 3. The Morgan fingerprint density at radius 3 is 2.18 bits per heavy atom. The van der Waals surface area contributed by atoms with Gasteiger partial charge in [0.1, 0.15) is 0 Å². The summed E-state index contributed by atoms with van der Waals surface area (Å²) >= 11 is 0. The summed E-state index contributed by atoms with van der Waals surface area (Å²) < 4.78 is 0. The third kappa shape index (κ3) is 4.67. The molecule has 0 saturated heterocycles. The van der Waals surface area contributed by atoms with Crippen molar-refractivity contribution in [3.8, 4) is 11.1 Å². The first kappa shape index (κ1) is 29.5. The lowest BCUT2D eigenvalue weighted by Gasteiger charge is -2.23. The lowest BCUT2D eigenvalue weighted by Crippen LogP contribution is -2.18. The van der Waals surface area contributed by atoms with Gasteiger partial charge < -0.3 is 5.32 Å². The molecular weight excluding hydrogens is 603 g/mol. The maximum Gasteiger partial charge on any atom is 0.0517 e. The second-order valence-corrected chi connectivity index (χ2v) is 15.7. The van der Waals surface area contributed by atoms with Crippen molar-refractivity contribution < 1.29 is 0 Å². The van der Waals surface area contributed by atoms with Gasteiger partial charge in [0.05, 0.1) is 6.04 Å². The molecule has 2 aliphatic rings. The summed E-state index contributed by atoms with van der Waals surface area (Å²) in [6, 6.07) is 44.8. The zero-order valence-corrected chi connectivity index (χ0v) is 29.1. The Balaban J connectivity index is 1.03. The average molecular weight is 644 g/mol. The molecule has 8 aromatic rings. The molecule has 0 bridgehead atoms. The summed E-state index contributed by atoms with van der Waals surface area (Å²) in [5.41, 5.74) is 11.1. The van der Waals surface area contributed by atoms with Crippen molar-refractivity contribution in [3.63, 3.8) is 0 Å². The molecule has 0 spiro atoms. The summed E-state index contributed by atoms with van der Waals surface area (Å²) in [6.07, 6.45) is 11.2. The van der Waals surface area contributed by atoms with Gasteiger partial charge >= 0.3 is 0 Å². The monoisotopic (exact) mass is 643 g/mol. The summed E-state index contributed by atoms with van der Waals surface area (Å²) in [7, 11) is 0. The van der Waals surface area contributed by atoms with E-state index in [-0.39, 0.29) is 5.41 Å². The van der Waals surface area contributed by atoms with E-state index >= 15 is 0 Å². The summed E-state index contributed by atoms with van der Waals surface area (Å²) in [6.45, 7) is 6.91. The van der Waals surface area contributed by atoms with Crippen molar-refractivity contribution in [3.05, 3.63) is 155 Å². The molecule has 1 unspecified atom stereocenters. The first-order chi connectivity index (χ1) is 24.4. The van der Waals surface area contributed by atoms with Gasteiger partial charge in [-0.25, -0.2) is 0 Å². The fraction of sp³-hybridized carbons (Fsp3) is 0.184. The van der Waals surface area contributed by atoms with Crippen molar-refractivity contribution in [1.29, 1.82) is 0 Å². The average Bonchev–Trinajstić information content (AvgIpc) is 3.15. The summed E-state index contributed by atoms with van der Waals surface area (Å²) in [5, 5.41) is 17.1. The zero-order chi connectivity index (χ0) is 33.6. The standard InChI is InChI=1S/C49H41N/c1-49(2,3)39-26-37-18-11-30-19-21-40(43-22-20-38(27-39)47(37)48(30)43)35-16-14-31-24-32(12-13-33(31)25-35)34-15-17-36-29-45(46-10-6-7-23-50-46)42-9-5-4-8-41(42)44(36)28-34/h4-5,7-9,11,14-29,46,50H,6,10,12-13H2,1-3H3. The van der Waals surface area contributed by atoms with Crippen LogP contribution in [-0.4, -0.2) is 0 Å². The molecule has 0 fully saturated rings. The Labute approximate surface area is 294 Å². The lowest BCUT2D eigenvalue weighted by atomic mass is 9.82. The fourth-order valence-electron chi connectivity index (χ4n) is 8.87. The van der Waals surface area contributed by atoms with Crippen LogP contribution in [0.1, 0.15) is 73.9 Å². The minimum absolute atomic E-state index is 0.115. The number of benzene rings is 8. The highest BCUT2D eigenvalue weighted by Gasteiger charge is 2.21. The van der Waals surface area contributed by atoms with E-state index in [0.717, 1.165) is 25.7 Å². The number of hydrogen-bond donors (Lipinski definition) is 1. The molecule has 50 heavy (non-hydrogen) atoms. The highest BCUT2D eigenvalue weighted by Crippen LogP contribution is 2.43. The first-order valence-electron chi connectivity index (χ1n) is 18.3. The number of aryl methyl sites for hydroxylation is 1. The first-order valence-corrected chi connectivity index (χ1v) is 18.3. The van der Waals surface area contributed by atoms with Gasteiger partial charge in [0.25, 0.3) is 0 Å². The van der Waals surface area contributed by atoms with Crippen LogP contribution in [0.25, 0.3) is 76.6 Å². The Morgan fingerprint density at radius 1 is 0.600 bits per heavy atom. The largest absolute Gasteiger partial charge is 0.384 e. The van der Waals surface area contributed by atoms with Crippen LogP contribution >= 0.6 is 0 Å².